The fourth-order valence-electron chi connectivity index (χ4n) is 2.54. The molecule has 0 aromatic heterocycles. The van der Waals surface area contributed by atoms with Gasteiger partial charge in [-0.25, -0.2) is 0 Å². The highest BCUT2D eigenvalue weighted by atomic mass is 16.3. The van der Waals surface area contributed by atoms with Gasteiger partial charge in [0.2, 0.25) is 5.91 Å². The Labute approximate surface area is 120 Å². The van der Waals surface area contributed by atoms with Crippen molar-refractivity contribution in [1.82, 2.24) is 15.1 Å². The number of benzene rings is 1. The number of aromatic hydroxyl groups is 1. The Hall–Kier alpha value is -1.59. The van der Waals surface area contributed by atoms with E-state index in [4.69, 9.17) is 0 Å². The van der Waals surface area contributed by atoms with E-state index in [0.717, 1.165) is 24.2 Å². The van der Waals surface area contributed by atoms with Gasteiger partial charge in [-0.3, -0.25) is 9.69 Å². The number of aryl methyl sites for hydroxylation is 1. The van der Waals surface area contributed by atoms with Crippen molar-refractivity contribution in [2.75, 3.05) is 33.7 Å². The van der Waals surface area contributed by atoms with Crippen LogP contribution >= 0.6 is 0 Å². The van der Waals surface area contributed by atoms with E-state index in [1.165, 1.54) is 0 Å². The molecule has 5 heteroatoms. The van der Waals surface area contributed by atoms with Crippen LogP contribution in [-0.4, -0.2) is 60.6 Å². The molecule has 1 aliphatic rings. The highest BCUT2D eigenvalue weighted by Crippen LogP contribution is 2.21. The third-order valence-corrected chi connectivity index (χ3v) is 3.69. The number of phenolic OH excluding ortho intramolecular Hbond substituents is 1. The molecule has 1 fully saturated rings. The van der Waals surface area contributed by atoms with Crippen molar-refractivity contribution in [3.05, 3.63) is 29.3 Å². The fraction of sp³-hybridized carbons (Fsp3) is 0.533. The molecule has 2 N–H and O–H groups in total. The van der Waals surface area contributed by atoms with Crippen LogP contribution in [0.25, 0.3) is 0 Å². The van der Waals surface area contributed by atoms with E-state index >= 15 is 0 Å². The quantitative estimate of drug-likeness (QED) is 0.848. The molecule has 20 heavy (non-hydrogen) atoms. The van der Waals surface area contributed by atoms with Crippen molar-refractivity contribution in [2.24, 2.45) is 0 Å². The molecule has 1 aromatic carbocycles. The highest BCUT2D eigenvalue weighted by molar-refractivity contribution is 5.81. The maximum Gasteiger partial charge on any atom is 0.240 e. The fourth-order valence-corrected chi connectivity index (χ4v) is 2.54. The number of hydrogen-bond acceptors (Lipinski definition) is 4. The van der Waals surface area contributed by atoms with Crippen molar-refractivity contribution in [1.29, 1.82) is 0 Å². The Bertz CT molecular complexity index is 488. The molecule has 1 aromatic rings. The van der Waals surface area contributed by atoms with Crippen LogP contribution < -0.4 is 5.32 Å². The second kappa shape index (κ2) is 6.24. The zero-order chi connectivity index (χ0) is 14.7. The molecular formula is C15H23N3O2. The van der Waals surface area contributed by atoms with Crippen molar-refractivity contribution in [3.63, 3.8) is 0 Å². The number of nitrogens with one attached hydrogen (secondary N) is 1. The van der Waals surface area contributed by atoms with E-state index in [1.807, 2.05) is 19.1 Å². The van der Waals surface area contributed by atoms with Crippen LogP contribution in [0.4, 0.5) is 0 Å². The van der Waals surface area contributed by atoms with Gasteiger partial charge in [0.05, 0.1) is 0 Å². The Kier molecular flexibility index (Phi) is 4.62. The molecule has 0 aliphatic carbocycles. The maximum absolute atomic E-state index is 12.2. The lowest BCUT2D eigenvalue weighted by molar-refractivity contribution is -0.135. The average Bonchev–Trinajstić information content (AvgIpc) is 2.42. The normalized spacial score (nSPS) is 19.9. The lowest BCUT2D eigenvalue weighted by Crippen LogP contribution is -2.57. The van der Waals surface area contributed by atoms with Gasteiger partial charge in [-0.05, 0) is 13.0 Å². The number of rotatable bonds is 3. The van der Waals surface area contributed by atoms with Gasteiger partial charge in [-0.2, -0.15) is 0 Å². The first kappa shape index (κ1) is 14.8. The largest absolute Gasteiger partial charge is 0.508 e. The number of piperazine rings is 1. The summed E-state index contributed by atoms with van der Waals surface area (Å²) in [7, 11) is 3.55. The topological polar surface area (TPSA) is 55.8 Å². The van der Waals surface area contributed by atoms with Gasteiger partial charge >= 0.3 is 0 Å². The zero-order valence-corrected chi connectivity index (χ0v) is 12.4. The zero-order valence-electron chi connectivity index (χ0n) is 12.4. The summed E-state index contributed by atoms with van der Waals surface area (Å²) in [6.07, 6.45) is 0. The second-order valence-corrected chi connectivity index (χ2v) is 5.56. The molecule has 2 rings (SSSR count). The van der Waals surface area contributed by atoms with Gasteiger partial charge in [0.25, 0.3) is 0 Å². The monoisotopic (exact) mass is 277 g/mol. The minimum atomic E-state index is -0.168. The van der Waals surface area contributed by atoms with Crippen LogP contribution in [0, 0.1) is 6.92 Å². The van der Waals surface area contributed by atoms with Crippen molar-refractivity contribution < 1.29 is 9.90 Å². The van der Waals surface area contributed by atoms with E-state index in [-0.39, 0.29) is 11.9 Å². The van der Waals surface area contributed by atoms with Crippen LogP contribution in [0.15, 0.2) is 18.2 Å². The van der Waals surface area contributed by atoms with E-state index < -0.39 is 0 Å². The summed E-state index contributed by atoms with van der Waals surface area (Å²) in [5, 5.41) is 13.2. The molecule has 0 bridgehead atoms. The number of phenols is 1. The molecule has 1 atom stereocenters. The maximum atomic E-state index is 12.2. The van der Waals surface area contributed by atoms with Gasteiger partial charge in [0.15, 0.2) is 0 Å². The third kappa shape index (κ3) is 3.29. The highest BCUT2D eigenvalue weighted by Gasteiger charge is 2.30. The average molecular weight is 277 g/mol. The molecular weight excluding hydrogens is 254 g/mol. The molecule has 1 heterocycles. The van der Waals surface area contributed by atoms with Gasteiger partial charge in [0.1, 0.15) is 11.8 Å². The lowest BCUT2D eigenvalue weighted by Gasteiger charge is -2.36. The summed E-state index contributed by atoms with van der Waals surface area (Å²) >= 11 is 0. The summed E-state index contributed by atoms with van der Waals surface area (Å²) in [4.78, 5) is 16.0. The van der Waals surface area contributed by atoms with Gasteiger partial charge in [-0.15, -0.1) is 0 Å². The van der Waals surface area contributed by atoms with Crippen LogP contribution in [0.3, 0.4) is 0 Å². The van der Waals surface area contributed by atoms with Crippen molar-refractivity contribution in [2.45, 2.75) is 19.5 Å². The molecule has 1 saturated heterocycles. The summed E-state index contributed by atoms with van der Waals surface area (Å²) in [6, 6.07) is 5.42. The Balaban J connectivity index is 2.16. The summed E-state index contributed by atoms with van der Waals surface area (Å²) in [6.45, 7) is 4.92. The van der Waals surface area contributed by atoms with Gasteiger partial charge < -0.3 is 15.3 Å². The van der Waals surface area contributed by atoms with Crippen molar-refractivity contribution >= 4 is 5.91 Å². The summed E-state index contributed by atoms with van der Waals surface area (Å²) in [5.41, 5.74) is 1.99. The van der Waals surface area contributed by atoms with Crippen molar-refractivity contribution in [3.8, 4) is 5.75 Å². The molecule has 0 spiro atoms. The molecule has 0 saturated carbocycles. The Morgan fingerprint density at radius 1 is 1.50 bits per heavy atom. The number of carbonyl (C=O) groups excluding carboxylic acids is 1. The first-order chi connectivity index (χ1) is 9.49. The van der Waals surface area contributed by atoms with Gasteiger partial charge in [-0.1, -0.05) is 17.7 Å². The summed E-state index contributed by atoms with van der Waals surface area (Å²) in [5.74, 6) is 0.398. The Morgan fingerprint density at radius 3 is 2.95 bits per heavy atom. The van der Waals surface area contributed by atoms with E-state index in [9.17, 15) is 9.90 Å². The van der Waals surface area contributed by atoms with E-state index in [2.05, 4.69) is 10.2 Å². The summed E-state index contributed by atoms with van der Waals surface area (Å²) < 4.78 is 0. The second-order valence-electron chi connectivity index (χ2n) is 5.56. The number of nitrogens with zero attached hydrogens (tertiary/aromatic N) is 2. The van der Waals surface area contributed by atoms with Crippen LogP contribution in [0.2, 0.25) is 0 Å². The number of carbonyl (C=O) groups is 1. The minimum absolute atomic E-state index is 0.101. The van der Waals surface area contributed by atoms with E-state index in [0.29, 0.717) is 18.8 Å². The van der Waals surface area contributed by atoms with Crippen LogP contribution in [0.1, 0.15) is 11.1 Å². The molecule has 110 valence electrons. The lowest BCUT2D eigenvalue weighted by atomic mass is 10.1. The molecule has 0 radical (unpaired) electrons. The van der Waals surface area contributed by atoms with E-state index in [1.54, 1.807) is 25.1 Å². The SMILES string of the molecule is Cc1ccc(O)c(CN2CCNCC2C(=O)N(C)C)c1. The number of hydrogen-bond donors (Lipinski definition) is 2. The number of likely N-dealkylation sites (N-methyl/N-ethyl adjacent to an activating group) is 1. The first-order valence-corrected chi connectivity index (χ1v) is 6.93. The molecule has 5 nitrogen and oxygen atoms in total. The molecule has 1 unspecified atom stereocenters. The predicted molar refractivity (Wildman–Crippen MR) is 78.6 cm³/mol. The van der Waals surface area contributed by atoms with Crippen LogP contribution in [0.5, 0.6) is 5.75 Å². The van der Waals surface area contributed by atoms with Crippen LogP contribution in [-0.2, 0) is 11.3 Å². The first-order valence-electron chi connectivity index (χ1n) is 6.93. The predicted octanol–water partition coefficient (Wildman–Crippen LogP) is 0.563. The van der Waals surface area contributed by atoms with Gasteiger partial charge in [0, 0.05) is 45.8 Å². The Morgan fingerprint density at radius 2 is 2.25 bits per heavy atom. The smallest absolute Gasteiger partial charge is 0.240 e. The molecule has 1 aliphatic heterocycles. The molecule has 1 amide bonds. The minimum Gasteiger partial charge on any atom is -0.508 e. The standard InChI is InChI=1S/C15H23N3O2/c1-11-4-5-14(19)12(8-11)10-18-7-6-16-9-13(18)15(20)17(2)3/h4-5,8,13,16,19H,6-7,9-10H2,1-3H3. The third-order valence-electron chi connectivity index (χ3n) is 3.69. The number of amides is 1.